The SMILES string of the molecule is CCOC(=O)OP(C)(=O)Oc1ccccc1. The van der Waals surface area contributed by atoms with Crippen LogP contribution in [0.1, 0.15) is 6.92 Å². The fourth-order valence-corrected chi connectivity index (χ4v) is 1.84. The van der Waals surface area contributed by atoms with Crippen molar-refractivity contribution in [1.82, 2.24) is 0 Å². The molecule has 1 atom stereocenters. The fourth-order valence-electron chi connectivity index (χ4n) is 0.971. The summed E-state index contributed by atoms with van der Waals surface area (Å²) in [6, 6.07) is 8.47. The van der Waals surface area contributed by atoms with Crippen LogP contribution in [0.2, 0.25) is 0 Å². The predicted octanol–water partition coefficient (Wildman–Crippen LogP) is 3.06. The van der Waals surface area contributed by atoms with E-state index in [9.17, 15) is 9.36 Å². The molecule has 0 saturated carbocycles. The number of ether oxygens (including phenoxy) is 1. The van der Waals surface area contributed by atoms with Crippen LogP contribution in [0.3, 0.4) is 0 Å². The lowest BCUT2D eigenvalue weighted by atomic mass is 10.3. The van der Waals surface area contributed by atoms with E-state index >= 15 is 0 Å². The third-order valence-electron chi connectivity index (χ3n) is 1.52. The molecule has 1 rings (SSSR count). The van der Waals surface area contributed by atoms with Crippen LogP contribution in [0.4, 0.5) is 4.79 Å². The van der Waals surface area contributed by atoms with Crippen LogP contribution in [-0.2, 0) is 13.8 Å². The van der Waals surface area contributed by atoms with E-state index in [2.05, 4.69) is 9.26 Å². The van der Waals surface area contributed by atoms with Gasteiger partial charge >= 0.3 is 13.8 Å². The third kappa shape index (κ3) is 4.36. The Labute approximate surface area is 93.9 Å². The Hall–Kier alpha value is -1.48. The van der Waals surface area contributed by atoms with Crippen LogP contribution in [0.25, 0.3) is 0 Å². The lowest BCUT2D eigenvalue weighted by Crippen LogP contribution is -2.07. The van der Waals surface area contributed by atoms with Crippen molar-refractivity contribution in [2.75, 3.05) is 13.3 Å². The molecule has 0 bridgehead atoms. The highest BCUT2D eigenvalue weighted by atomic mass is 31.2. The first-order valence-corrected chi connectivity index (χ1v) is 6.71. The number of carbonyl (C=O) groups is 1. The van der Waals surface area contributed by atoms with Crippen LogP contribution in [-0.4, -0.2) is 19.4 Å². The summed E-state index contributed by atoms with van der Waals surface area (Å²) in [6.07, 6.45) is -0.996. The molecular weight excluding hydrogens is 231 g/mol. The molecule has 0 amide bonds. The van der Waals surface area contributed by atoms with Crippen LogP contribution >= 0.6 is 7.60 Å². The van der Waals surface area contributed by atoms with Crippen LogP contribution in [0, 0.1) is 0 Å². The molecule has 88 valence electrons. The molecule has 0 heterocycles. The first-order valence-electron chi connectivity index (χ1n) is 4.72. The minimum atomic E-state index is -3.47. The van der Waals surface area contributed by atoms with Gasteiger partial charge in [-0.05, 0) is 19.1 Å². The normalized spacial score (nSPS) is 13.6. The maximum atomic E-state index is 11.7. The van der Waals surface area contributed by atoms with Gasteiger partial charge in [-0.2, -0.15) is 0 Å². The topological polar surface area (TPSA) is 61.8 Å². The van der Waals surface area contributed by atoms with Gasteiger partial charge in [0.15, 0.2) is 0 Å². The number of carbonyl (C=O) groups excluding carboxylic acids is 1. The van der Waals surface area contributed by atoms with Crippen LogP contribution in [0.15, 0.2) is 30.3 Å². The Morgan fingerprint density at radius 1 is 1.31 bits per heavy atom. The lowest BCUT2D eigenvalue weighted by molar-refractivity contribution is 0.101. The molecule has 0 aliphatic heterocycles. The van der Waals surface area contributed by atoms with E-state index < -0.39 is 13.8 Å². The van der Waals surface area contributed by atoms with Gasteiger partial charge in [-0.1, -0.05) is 18.2 Å². The van der Waals surface area contributed by atoms with Crippen molar-refractivity contribution in [3.05, 3.63) is 30.3 Å². The van der Waals surface area contributed by atoms with E-state index in [4.69, 9.17) is 4.52 Å². The highest BCUT2D eigenvalue weighted by Gasteiger charge is 2.24. The number of hydrogen-bond donors (Lipinski definition) is 0. The van der Waals surface area contributed by atoms with E-state index in [1.165, 1.54) is 6.66 Å². The summed E-state index contributed by atoms with van der Waals surface area (Å²) >= 11 is 0. The summed E-state index contributed by atoms with van der Waals surface area (Å²) < 4.78 is 25.8. The predicted molar refractivity (Wildman–Crippen MR) is 58.7 cm³/mol. The molecule has 1 aromatic carbocycles. The molecule has 0 aromatic heterocycles. The summed E-state index contributed by atoms with van der Waals surface area (Å²) in [7, 11) is -3.47. The van der Waals surface area contributed by atoms with Crippen molar-refractivity contribution in [3.8, 4) is 5.75 Å². The minimum absolute atomic E-state index is 0.157. The maximum Gasteiger partial charge on any atom is 0.515 e. The van der Waals surface area contributed by atoms with Gasteiger partial charge in [-0.15, -0.1) is 0 Å². The molecule has 0 saturated heterocycles. The van der Waals surface area contributed by atoms with Gasteiger partial charge in [0.2, 0.25) is 0 Å². The molecule has 0 aliphatic carbocycles. The van der Waals surface area contributed by atoms with Crippen molar-refractivity contribution in [2.24, 2.45) is 0 Å². The number of hydrogen-bond acceptors (Lipinski definition) is 5. The van der Waals surface area contributed by atoms with Gasteiger partial charge in [0.05, 0.1) is 13.3 Å². The van der Waals surface area contributed by atoms with E-state index in [0.29, 0.717) is 5.75 Å². The average molecular weight is 244 g/mol. The van der Waals surface area contributed by atoms with Crippen molar-refractivity contribution in [3.63, 3.8) is 0 Å². The molecule has 5 nitrogen and oxygen atoms in total. The Morgan fingerprint density at radius 3 is 2.50 bits per heavy atom. The van der Waals surface area contributed by atoms with Crippen molar-refractivity contribution in [2.45, 2.75) is 6.92 Å². The Morgan fingerprint density at radius 2 is 1.94 bits per heavy atom. The summed E-state index contributed by atoms with van der Waals surface area (Å²) in [5.74, 6) is 0.373. The second kappa shape index (κ2) is 5.56. The zero-order chi connectivity index (χ0) is 12.0. The van der Waals surface area contributed by atoms with Crippen molar-refractivity contribution in [1.29, 1.82) is 0 Å². The number of benzene rings is 1. The molecular formula is C10H13O5P. The maximum absolute atomic E-state index is 11.7. The number of para-hydroxylation sites is 1. The zero-order valence-corrected chi connectivity index (χ0v) is 9.98. The van der Waals surface area contributed by atoms with Crippen molar-refractivity contribution >= 4 is 13.8 Å². The second-order valence-corrected chi connectivity index (χ2v) is 4.86. The van der Waals surface area contributed by atoms with Crippen molar-refractivity contribution < 1.29 is 23.1 Å². The van der Waals surface area contributed by atoms with E-state index in [1.54, 1.807) is 37.3 Å². The van der Waals surface area contributed by atoms with Crippen LogP contribution < -0.4 is 4.52 Å². The summed E-state index contributed by atoms with van der Waals surface area (Å²) in [5, 5.41) is 0. The second-order valence-electron chi connectivity index (χ2n) is 2.95. The summed E-state index contributed by atoms with van der Waals surface area (Å²) in [5.41, 5.74) is 0. The van der Waals surface area contributed by atoms with E-state index in [-0.39, 0.29) is 6.61 Å². The summed E-state index contributed by atoms with van der Waals surface area (Å²) in [4.78, 5) is 11.0. The smallest absolute Gasteiger partial charge is 0.434 e. The molecule has 0 aliphatic rings. The molecule has 0 spiro atoms. The molecule has 0 N–H and O–H groups in total. The van der Waals surface area contributed by atoms with Gasteiger partial charge in [0, 0.05) is 0 Å². The first-order chi connectivity index (χ1) is 7.53. The molecule has 1 unspecified atom stereocenters. The Bertz CT molecular complexity index is 389. The van der Waals surface area contributed by atoms with Gasteiger partial charge in [0.1, 0.15) is 5.75 Å². The Balaban J connectivity index is 2.58. The fraction of sp³-hybridized carbons (Fsp3) is 0.300. The molecule has 16 heavy (non-hydrogen) atoms. The van der Waals surface area contributed by atoms with Gasteiger partial charge < -0.3 is 13.8 Å². The summed E-state index contributed by atoms with van der Waals surface area (Å²) in [6.45, 7) is 2.99. The average Bonchev–Trinajstić information content (AvgIpc) is 2.17. The Kier molecular flexibility index (Phi) is 4.38. The highest BCUT2D eigenvalue weighted by molar-refractivity contribution is 7.53. The van der Waals surface area contributed by atoms with E-state index in [0.717, 1.165) is 0 Å². The first kappa shape index (κ1) is 12.6. The monoisotopic (exact) mass is 244 g/mol. The van der Waals surface area contributed by atoms with Gasteiger partial charge in [-0.25, -0.2) is 9.36 Å². The molecule has 0 radical (unpaired) electrons. The quantitative estimate of drug-likeness (QED) is 0.601. The third-order valence-corrected chi connectivity index (χ3v) is 2.54. The zero-order valence-electron chi connectivity index (χ0n) is 9.08. The lowest BCUT2D eigenvalue weighted by Gasteiger charge is -2.14. The highest BCUT2D eigenvalue weighted by Crippen LogP contribution is 2.44. The van der Waals surface area contributed by atoms with Gasteiger partial charge in [0.25, 0.3) is 0 Å². The molecule has 1 aromatic rings. The molecule has 6 heteroatoms. The standard InChI is InChI=1S/C10H13O5P/c1-3-13-10(11)15-16(2,12)14-9-7-5-4-6-8-9/h4-8H,3H2,1-2H3. The largest absolute Gasteiger partial charge is 0.515 e. The van der Waals surface area contributed by atoms with Gasteiger partial charge in [-0.3, -0.25) is 0 Å². The van der Waals surface area contributed by atoms with Crippen LogP contribution in [0.5, 0.6) is 5.75 Å². The number of rotatable bonds is 4. The van der Waals surface area contributed by atoms with E-state index in [1.807, 2.05) is 0 Å². The minimum Gasteiger partial charge on any atom is -0.434 e. The molecule has 0 fully saturated rings.